The quantitative estimate of drug-likeness (QED) is 0.173. The van der Waals surface area contributed by atoms with Crippen molar-refractivity contribution in [3.8, 4) is 16.9 Å². The highest BCUT2D eigenvalue weighted by molar-refractivity contribution is 5.64. The molecule has 0 aromatic heterocycles. The van der Waals surface area contributed by atoms with Crippen LogP contribution >= 0.6 is 0 Å². The summed E-state index contributed by atoms with van der Waals surface area (Å²) in [4.78, 5) is 0. The molecule has 1 fully saturated rings. The number of benzene rings is 2. The van der Waals surface area contributed by atoms with Crippen LogP contribution in [0.5, 0.6) is 5.75 Å². The molecular weight excluding hydrogens is 448 g/mol. The van der Waals surface area contributed by atoms with Gasteiger partial charge in [-0.25, -0.2) is 0 Å². The molecule has 0 amide bonds. The fourth-order valence-corrected chi connectivity index (χ4v) is 6.12. The molecule has 37 heavy (non-hydrogen) atoms. The predicted octanol–water partition coefficient (Wildman–Crippen LogP) is 11.9. The van der Waals surface area contributed by atoms with Crippen LogP contribution in [0, 0.1) is 5.92 Å². The first kappa shape index (κ1) is 29.8. The molecule has 0 spiro atoms. The summed E-state index contributed by atoms with van der Waals surface area (Å²) in [5, 5.41) is 0. The number of unbranched alkanes of at least 4 members (excludes halogenated alkanes) is 12. The minimum absolute atomic E-state index is 0.766. The average Bonchev–Trinajstić information content (AvgIpc) is 2.95. The molecule has 0 unspecified atom stereocenters. The molecule has 0 atom stereocenters. The van der Waals surface area contributed by atoms with E-state index in [-0.39, 0.29) is 0 Å². The smallest absolute Gasteiger partial charge is 0.119 e. The summed E-state index contributed by atoms with van der Waals surface area (Å²) in [6.45, 7) is 5.42. The fraction of sp³-hybridized carbons (Fsp3) is 0.667. The van der Waals surface area contributed by atoms with Gasteiger partial charge in [-0.1, -0.05) is 140 Å². The number of hydrogen-bond donors (Lipinski definition) is 0. The van der Waals surface area contributed by atoms with Crippen LogP contribution in [-0.4, -0.2) is 6.61 Å². The van der Waals surface area contributed by atoms with E-state index in [0.29, 0.717) is 0 Å². The molecule has 0 heterocycles. The average molecular weight is 505 g/mol. The lowest BCUT2D eigenvalue weighted by atomic mass is 9.77. The van der Waals surface area contributed by atoms with Gasteiger partial charge in [-0.2, -0.15) is 0 Å². The standard InChI is InChI=1S/C36H56O/c1-3-5-7-9-11-12-14-16-30-37-36-28-26-35(27-29-36)34-24-22-33(23-25-34)32-20-18-31(19-21-32)17-15-13-10-8-6-4-2/h22-29,31-32H,3-21,30H2,1-2H3. The van der Waals surface area contributed by atoms with Crippen LogP contribution in [0.4, 0.5) is 0 Å². The summed E-state index contributed by atoms with van der Waals surface area (Å²) in [5.41, 5.74) is 4.15. The van der Waals surface area contributed by atoms with Gasteiger partial charge in [0.05, 0.1) is 6.61 Å². The highest BCUT2D eigenvalue weighted by Crippen LogP contribution is 2.38. The minimum atomic E-state index is 0.766. The number of hydrogen-bond acceptors (Lipinski definition) is 1. The minimum Gasteiger partial charge on any atom is -0.494 e. The highest BCUT2D eigenvalue weighted by Gasteiger charge is 2.22. The van der Waals surface area contributed by atoms with Crippen molar-refractivity contribution in [1.82, 2.24) is 0 Å². The van der Waals surface area contributed by atoms with E-state index in [2.05, 4.69) is 62.4 Å². The molecule has 206 valence electrons. The van der Waals surface area contributed by atoms with Crippen molar-refractivity contribution < 1.29 is 4.74 Å². The largest absolute Gasteiger partial charge is 0.494 e. The predicted molar refractivity (Wildman–Crippen MR) is 163 cm³/mol. The molecule has 3 rings (SSSR count). The van der Waals surface area contributed by atoms with E-state index in [4.69, 9.17) is 4.74 Å². The molecule has 1 nitrogen and oxygen atoms in total. The zero-order valence-electron chi connectivity index (χ0n) is 24.3. The van der Waals surface area contributed by atoms with Gasteiger partial charge in [-0.15, -0.1) is 0 Å². The fourth-order valence-electron chi connectivity index (χ4n) is 6.12. The maximum absolute atomic E-state index is 6.00. The molecule has 0 radical (unpaired) electrons. The summed E-state index contributed by atoms with van der Waals surface area (Å²) in [7, 11) is 0. The second-order valence-electron chi connectivity index (χ2n) is 11.7. The Morgan fingerprint density at radius 2 is 1.03 bits per heavy atom. The molecule has 0 bridgehead atoms. The first-order valence-electron chi connectivity index (χ1n) is 16.1. The Balaban J connectivity index is 1.31. The van der Waals surface area contributed by atoms with E-state index < -0.39 is 0 Å². The molecule has 2 aromatic carbocycles. The van der Waals surface area contributed by atoms with Gasteiger partial charge in [0.25, 0.3) is 0 Å². The third-order valence-corrected chi connectivity index (χ3v) is 8.65. The van der Waals surface area contributed by atoms with E-state index >= 15 is 0 Å². The van der Waals surface area contributed by atoms with Crippen LogP contribution in [0.2, 0.25) is 0 Å². The number of ether oxygens (including phenoxy) is 1. The molecule has 0 N–H and O–H groups in total. The Hall–Kier alpha value is -1.76. The number of rotatable bonds is 19. The molecule has 2 aromatic rings. The van der Waals surface area contributed by atoms with Gasteiger partial charge >= 0.3 is 0 Å². The molecule has 1 aliphatic rings. The third kappa shape index (κ3) is 11.7. The molecule has 1 aliphatic carbocycles. The lowest BCUT2D eigenvalue weighted by Gasteiger charge is -2.29. The van der Waals surface area contributed by atoms with Crippen molar-refractivity contribution in [2.75, 3.05) is 6.61 Å². The zero-order chi connectivity index (χ0) is 26.0. The van der Waals surface area contributed by atoms with Crippen LogP contribution in [0.1, 0.15) is 147 Å². The van der Waals surface area contributed by atoms with Gasteiger partial charge in [0, 0.05) is 0 Å². The summed E-state index contributed by atoms with van der Waals surface area (Å²) < 4.78 is 6.00. The van der Waals surface area contributed by atoms with Gasteiger partial charge in [-0.3, -0.25) is 0 Å². The van der Waals surface area contributed by atoms with Crippen molar-refractivity contribution in [2.45, 2.75) is 142 Å². The molecule has 1 heteroatoms. The second kappa shape index (κ2) is 18.5. The maximum Gasteiger partial charge on any atom is 0.119 e. The van der Waals surface area contributed by atoms with Crippen molar-refractivity contribution in [1.29, 1.82) is 0 Å². The maximum atomic E-state index is 6.00. The Bertz CT molecular complexity index is 798. The second-order valence-corrected chi connectivity index (χ2v) is 11.7. The first-order valence-corrected chi connectivity index (χ1v) is 16.1. The van der Waals surface area contributed by atoms with Crippen molar-refractivity contribution in [3.63, 3.8) is 0 Å². The lowest BCUT2D eigenvalue weighted by Crippen LogP contribution is -2.13. The van der Waals surface area contributed by atoms with Gasteiger partial charge in [0.15, 0.2) is 0 Å². The van der Waals surface area contributed by atoms with E-state index in [1.165, 1.54) is 127 Å². The van der Waals surface area contributed by atoms with Gasteiger partial charge < -0.3 is 4.74 Å². The Kier molecular flexibility index (Phi) is 14.9. The summed E-state index contributed by atoms with van der Waals surface area (Å²) in [5.74, 6) is 2.75. The summed E-state index contributed by atoms with van der Waals surface area (Å²) in [6.07, 6.45) is 26.4. The first-order chi connectivity index (χ1) is 18.3. The van der Waals surface area contributed by atoms with E-state index in [1.54, 1.807) is 5.56 Å². The van der Waals surface area contributed by atoms with Gasteiger partial charge in [0.1, 0.15) is 5.75 Å². The Morgan fingerprint density at radius 3 is 1.59 bits per heavy atom. The zero-order valence-corrected chi connectivity index (χ0v) is 24.3. The third-order valence-electron chi connectivity index (χ3n) is 8.65. The molecule has 0 aliphatic heterocycles. The van der Waals surface area contributed by atoms with Crippen LogP contribution in [0.3, 0.4) is 0 Å². The summed E-state index contributed by atoms with van der Waals surface area (Å²) in [6, 6.07) is 18.1. The van der Waals surface area contributed by atoms with Gasteiger partial charge in [-0.05, 0) is 72.8 Å². The van der Waals surface area contributed by atoms with E-state index in [0.717, 1.165) is 30.6 Å². The molecule has 1 saturated carbocycles. The topological polar surface area (TPSA) is 9.23 Å². The van der Waals surface area contributed by atoms with Crippen LogP contribution in [0.15, 0.2) is 48.5 Å². The van der Waals surface area contributed by atoms with Crippen molar-refractivity contribution >= 4 is 0 Å². The Morgan fingerprint density at radius 1 is 0.541 bits per heavy atom. The molecule has 0 saturated heterocycles. The normalized spacial score (nSPS) is 17.7. The lowest BCUT2D eigenvalue weighted by molar-refractivity contribution is 0.302. The Labute approximate surface area is 229 Å². The SMILES string of the molecule is CCCCCCCCCCOc1ccc(-c2ccc(C3CCC(CCCCCCCC)CC3)cc2)cc1. The van der Waals surface area contributed by atoms with Crippen LogP contribution < -0.4 is 4.74 Å². The summed E-state index contributed by atoms with van der Waals surface area (Å²) >= 11 is 0. The van der Waals surface area contributed by atoms with Gasteiger partial charge in [0.2, 0.25) is 0 Å². The van der Waals surface area contributed by atoms with Crippen molar-refractivity contribution in [3.05, 3.63) is 54.1 Å². The van der Waals surface area contributed by atoms with Crippen LogP contribution in [0.25, 0.3) is 11.1 Å². The van der Waals surface area contributed by atoms with Crippen LogP contribution in [-0.2, 0) is 0 Å². The monoisotopic (exact) mass is 504 g/mol. The van der Waals surface area contributed by atoms with E-state index in [1.807, 2.05) is 0 Å². The van der Waals surface area contributed by atoms with E-state index in [9.17, 15) is 0 Å². The van der Waals surface area contributed by atoms with Crippen molar-refractivity contribution in [2.24, 2.45) is 5.92 Å². The highest BCUT2D eigenvalue weighted by atomic mass is 16.5. The molecular formula is C36H56O.